The van der Waals surface area contributed by atoms with Crippen LogP contribution in [-0.2, 0) is 11.3 Å². The topological polar surface area (TPSA) is 40.5 Å². The fraction of sp³-hybridized carbons (Fsp3) is 0.417. The third-order valence-corrected chi connectivity index (χ3v) is 2.52. The van der Waals surface area contributed by atoms with Crippen LogP contribution in [0, 0.1) is 0 Å². The minimum Gasteiger partial charge on any atom is -0.508 e. The van der Waals surface area contributed by atoms with Crippen LogP contribution in [0.2, 0.25) is 0 Å². The van der Waals surface area contributed by atoms with Crippen LogP contribution >= 0.6 is 15.9 Å². The molecule has 1 N–H and O–H groups in total. The summed E-state index contributed by atoms with van der Waals surface area (Å²) in [6, 6.07) is 6.91. The Kier molecular flexibility index (Phi) is 3.97. The molecule has 3 nitrogen and oxygen atoms in total. The molecule has 0 aliphatic carbocycles. The van der Waals surface area contributed by atoms with Crippen molar-refractivity contribution in [3.63, 3.8) is 0 Å². The average molecular weight is 286 g/mol. The van der Waals surface area contributed by atoms with Gasteiger partial charge in [0.1, 0.15) is 5.75 Å². The first-order valence-corrected chi connectivity index (χ1v) is 5.82. The molecule has 0 aliphatic rings. The summed E-state index contributed by atoms with van der Waals surface area (Å²) in [6.45, 7) is 4.12. The Hall–Kier alpha value is -1.03. The van der Waals surface area contributed by atoms with Gasteiger partial charge in [-0.3, -0.25) is 4.79 Å². The number of carbonyl (C=O) groups excluding carboxylic acids is 1. The first-order valence-electron chi connectivity index (χ1n) is 5.03. The summed E-state index contributed by atoms with van der Waals surface area (Å²) < 4.78 is -0.557. The monoisotopic (exact) mass is 285 g/mol. The Morgan fingerprint density at radius 2 is 2.12 bits per heavy atom. The number of carbonyl (C=O) groups is 1. The Labute approximate surface area is 104 Å². The van der Waals surface area contributed by atoms with Crippen molar-refractivity contribution in [1.82, 2.24) is 4.90 Å². The van der Waals surface area contributed by atoms with Crippen molar-refractivity contribution in [2.75, 3.05) is 7.05 Å². The van der Waals surface area contributed by atoms with Gasteiger partial charge in [0.2, 0.25) is 5.91 Å². The predicted octanol–water partition coefficient (Wildman–Crippen LogP) is 2.52. The fourth-order valence-electron chi connectivity index (χ4n) is 1.45. The van der Waals surface area contributed by atoms with Crippen LogP contribution < -0.4 is 0 Å². The number of amides is 1. The molecule has 1 rings (SSSR count). The molecular weight excluding hydrogens is 270 g/mol. The molecule has 0 heterocycles. The van der Waals surface area contributed by atoms with Gasteiger partial charge < -0.3 is 10.0 Å². The summed E-state index contributed by atoms with van der Waals surface area (Å²) in [7, 11) is 1.75. The van der Waals surface area contributed by atoms with E-state index in [1.54, 1.807) is 30.1 Å². The Morgan fingerprint density at radius 3 is 2.62 bits per heavy atom. The highest BCUT2D eigenvalue weighted by Gasteiger charge is 2.26. The van der Waals surface area contributed by atoms with Crippen molar-refractivity contribution < 1.29 is 9.90 Å². The van der Waals surface area contributed by atoms with E-state index < -0.39 is 4.32 Å². The van der Waals surface area contributed by atoms with Gasteiger partial charge in [0.15, 0.2) is 0 Å². The van der Waals surface area contributed by atoms with Crippen LogP contribution in [0.25, 0.3) is 0 Å². The lowest BCUT2D eigenvalue weighted by Gasteiger charge is -2.24. The second-order valence-corrected chi connectivity index (χ2v) is 6.29. The molecule has 1 aromatic carbocycles. The number of phenols is 1. The van der Waals surface area contributed by atoms with Crippen molar-refractivity contribution in [2.24, 2.45) is 0 Å². The number of rotatable bonds is 3. The fourth-order valence-corrected chi connectivity index (χ4v) is 1.76. The quantitative estimate of drug-likeness (QED) is 0.867. The van der Waals surface area contributed by atoms with E-state index in [1.807, 2.05) is 19.9 Å². The second-order valence-electron chi connectivity index (χ2n) is 4.30. The van der Waals surface area contributed by atoms with Gasteiger partial charge in [-0.2, -0.15) is 0 Å². The number of phenolic OH excluding ortho intramolecular Hbond substituents is 1. The third-order valence-electron chi connectivity index (χ3n) is 2.19. The second kappa shape index (κ2) is 4.87. The van der Waals surface area contributed by atoms with Crippen molar-refractivity contribution in [3.8, 4) is 5.75 Å². The first kappa shape index (κ1) is 13.0. The van der Waals surface area contributed by atoms with E-state index in [1.165, 1.54) is 0 Å². The molecule has 0 unspecified atom stereocenters. The Morgan fingerprint density at radius 1 is 1.50 bits per heavy atom. The van der Waals surface area contributed by atoms with Crippen LogP contribution in [0.5, 0.6) is 5.75 Å². The molecule has 0 aliphatic heterocycles. The summed E-state index contributed by atoms with van der Waals surface area (Å²) in [6.07, 6.45) is 0. The van der Waals surface area contributed by atoms with Gasteiger partial charge in [-0.1, -0.05) is 28.1 Å². The van der Waals surface area contributed by atoms with Crippen molar-refractivity contribution in [3.05, 3.63) is 29.8 Å². The standard InChI is InChI=1S/C12H16BrNO2/c1-12(2,13)11(16)14(3)8-9-5-4-6-10(15)7-9/h4-7,15H,8H2,1-3H3. The molecule has 1 aromatic rings. The smallest absolute Gasteiger partial charge is 0.238 e. The summed E-state index contributed by atoms with van der Waals surface area (Å²) in [4.78, 5) is 13.5. The maximum atomic E-state index is 11.9. The number of halogens is 1. The van der Waals surface area contributed by atoms with Crippen molar-refractivity contribution >= 4 is 21.8 Å². The maximum Gasteiger partial charge on any atom is 0.238 e. The van der Waals surface area contributed by atoms with Crippen LogP contribution in [0.4, 0.5) is 0 Å². The van der Waals surface area contributed by atoms with Crippen LogP contribution in [0.15, 0.2) is 24.3 Å². The molecule has 0 saturated carbocycles. The van der Waals surface area contributed by atoms with Crippen LogP contribution in [0.1, 0.15) is 19.4 Å². The zero-order chi connectivity index (χ0) is 12.3. The van der Waals surface area contributed by atoms with Gasteiger partial charge in [0.05, 0.1) is 4.32 Å². The van der Waals surface area contributed by atoms with E-state index in [0.29, 0.717) is 6.54 Å². The molecule has 0 spiro atoms. The summed E-state index contributed by atoms with van der Waals surface area (Å²) >= 11 is 3.33. The zero-order valence-corrected chi connectivity index (χ0v) is 11.3. The first-order chi connectivity index (χ1) is 7.30. The van der Waals surface area contributed by atoms with E-state index >= 15 is 0 Å². The van der Waals surface area contributed by atoms with E-state index in [-0.39, 0.29) is 11.7 Å². The van der Waals surface area contributed by atoms with Crippen molar-refractivity contribution in [1.29, 1.82) is 0 Å². The normalized spacial score (nSPS) is 11.2. The molecular formula is C12H16BrNO2. The van der Waals surface area contributed by atoms with Crippen LogP contribution in [0.3, 0.4) is 0 Å². The molecule has 16 heavy (non-hydrogen) atoms. The van der Waals surface area contributed by atoms with E-state index in [9.17, 15) is 9.90 Å². The van der Waals surface area contributed by atoms with Crippen LogP contribution in [-0.4, -0.2) is 27.3 Å². The third kappa shape index (κ3) is 3.52. The number of benzene rings is 1. The summed E-state index contributed by atoms with van der Waals surface area (Å²) in [5.41, 5.74) is 0.910. The molecule has 0 aromatic heterocycles. The highest BCUT2D eigenvalue weighted by molar-refractivity contribution is 9.10. The van der Waals surface area contributed by atoms with E-state index in [0.717, 1.165) is 5.56 Å². The lowest BCUT2D eigenvalue weighted by molar-refractivity contribution is -0.131. The number of hydrogen-bond donors (Lipinski definition) is 1. The number of aromatic hydroxyl groups is 1. The molecule has 0 radical (unpaired) electrons. The molecule has 88 valence electrons. The van der Waals surface area contributed by atoms with Gasteiger partial charge in [-0.05, 0) is 31.5 Å². The molecule has 4 heteroatoms. The SMILES string of the molecule is CN(Cc1cccc(O)c1)C(=O)C(C)(C)Br. The predicted molar refractivity (Wildman–Crippen MR) is 67.6 cm³/mol. The number of alkyl halides is 1. The van der Waals surface area contributed by atoms with E-state index in [2.05, 4.69) is 15.9 Å². The Balaban J connectivity index is 2.72. The number of hydrogen-bond acceptors (Lipinski definition) is 2. The van der Waals surface area contributed by atoms with Gasteiger partial charge >= 0.3 is 0 Å². The summed E-state index contributed by atoms with van der Waals surface area (Å²) in [5.74, 6) is 0.229. The highest BCUT2D eigenvalue weighted by atomic mass is 79.9. The van der Waals surface area contributed by atoms with Gasteiger partial charge in [0, 0.05) is 13.6 Å². The molecule has 0 atom stereocenters. The molecule has 0 saturated heterocycles. The zero-order valence-electron chi connectivity index (χ0n) is 9.70. The van der Waals surface area contributed by atoms with Gasteiger partial charge in [-0.25, -0.2) is 0 Å². The van der Waals surface area contributed by atoms with Gasteiger partial charge in [0.25, 0.3) is 0 Å². The van der Waals surface area contributed by atoms with Gasteiger partial charge in [-0.15, -0.1) is 0 Å². The lowest BCUT2D eigenvalue weighted by Crippen LogP contribution is -2.38. The largest absolute Gasteiger partial charge is 0.508 e. The minimum atomic E-state index is -0.557. The average Bonchev–Trinajstić information content (AvgIpc) is 2.15. The highest BCUT2D eigenvalue weighted by Crippen LogP contribution is 2.20. The van der Waals surface area contributed by atoms with Crippen molar-refractivity contribution in [2.45, 2.75) is 24.7 Å². The molecule has 0 bridgehead atoms. The Bertz CT molecular complexity index is 385. The summed E-state index contributed by atoms with van der Waals surface area (Å²) in [5, 5.41) is 9.31. The lowest BCUT2D eigenvalue weighted by atomic mass is 10.1. The molecule has 1 amide bonds. The number of nitrogens with zero attached hydrogens (tertiary/aromatic N) is 1. The maximum absolute atomic E-state index is 11.9. The van der Waals surface area contributed by atoms with E-state index in [4.69, 9.17) is 0 Å². The molecule has 0 fully saturated rings. The minimum absolute atomic E-state index is 0.0100.